The summed E-state index contributed by atoms with van der Waals surface area (Å²) in [5.41, 5.74) is 1.28. The van der Waals surface area contributed by atoms with Gasteiger partial charge in [-0.15, -0.1) is 0 Å². The lowest BCUT2D eigenvalue weighted by Gasteiger charge is -2.72. The van der Waals surface area contributed by atoms with Crippen molar-refractivity contribution in [3.8, 4) is 0 Å². The van der Waals surface area contributed by atoms with Crippen LogP contribution in [-0.2, 0) is 0 Å². The molecule has 0 bridgehead atoms. The zero-order valence-corrected chi connectivity index (χ0v) is 64.4. The SMILES string of the molecule is CC(C)(C)C1CC2CC[C@@H]3C[C@H](C(C)(C)C)C[C@@H]4C(C5CCC6C(C5)B5[C@H]7C(CC(N(C8CCCCC8)C8CCCCC8)CC7N6C6CCCCC6)SC6CC7[C@@H](C[C@H]56)B5C6CCCCC6N(C6CCCCC6)[C@H]6C[C@@H](C(C)(C)C)C[C@H](C56)N7C5CCCCC5)CC(C1)C2[C@H]34. The van der Waals surface area contributed by atoms with E-state index in [4.69, 9.17) is 0 Å². The average molecular weight is 1320 g/mol. The Morgan fingerprint density at radius 1 is 0.284 bits per heavy atom. The molecule has 0 spiro atoms. The molecule has 532 valence electrons. The van der Waals surface area contributed by atoms with Crippen molar-refractivity contribution >= 4 is 25.2 Å². The summed E-state index contributed by atoms with van der Waals surface area (Å²) in [6.45, 7) is 26.3. The molecular weight excluding hydrogens is 1170 g/mol. The largest absolute Gasteiger partial charge is 0.295 e. The lowest BCUT2D eigenvalue weighted by molar-refractivity contribution is -0.153. The van der Waals surface area contributed by atoms with Gasteiger partial charge in [0.15, 0.2) is 13.4 Å². The predicted octanol–water partition coefficient (Wildman–Crippen LogP) is 23.0. The molecule has 16 unspecified atom stereocenters. The zero-order valence-electron chi connectivity index (χ0n) is 63.6. The van der Waals surface area contributed by atoms with Crippen LogP contribution < -0.4 is 0 Å². The molecule has 0 N–H and O–H groups in total. The molecule has 18 aliphatic rings. The maximum absolute atomic E-state index is 3.68. The summed E-state index contributed by atoms with van der Waals surface area (Å²) >= 11 is 2.84. The topological polar surface area (TPSA) is 13.0 Å². The van der Waals surface area contributed by atoms with Crippen LogP contribution in [0.5, 0.6) is 0 Å². The molecule has 0 aromatic rings. The van der Waals surface area contributed by atoms with E-state index in [1.54, 1.807) is 109 Å². The monoisotopic (exact) mass is 1320 g/mol. The second-order valence-electron chi connectivity index (χ2n) is 43.5. The minimum absolute atomic E-state index is 0.386. The smallest absolute Gasteiger partial charge is 0.156 e. The van der Waals surface area contributed by atoms with Crippen molar-refractivity contribution in [1.82, 2.24) is 19.6 Å². The molecule has 18 fully saturated rings. The highest BCUT2D eigenvalue weighted by molar-refractivity contribution is 8.00. The molecule has 0 aromatic heterocycles. The van der Waals surface area contributed by atoms with Gasteiger partial charge in [-0.25, -0.2) is 0 Å². The number of nitrogens with zero attached hydrogens (tertiary/aromatic N) is 4. The Balaban J connectivity index is 0.765. The van der Waals surface area contributed by atoms with Crippen molar-refractivity contribution in [2.45, 2.75) is 469 Å². The van der Waals surface area contributed by atoms with Gasteiger partial charge in [-0.05, 0) is 277 Å². The number of rotatable bonds is 7. The van der Waals surface area contributed by atoms with E-state index >= 15 is 0 Å². The summed E-state index contributed by atoms with van der Waals surface area (Å²) in [5, 5.41) is 1.77. The Kier molecular flexibility index (Phi) is 18.9. The molecule has 18 rings (SSSR count). The van der Waals surface area contributed by atoms with Crippen molar-refractivity contribution in [3.05, 3.63) is 0 Å². The Labute approximate surface area is 591 Å². The van der Waals surface area contributed by atoms with E-state index in [2.05, 4.69) is 93.7 Å². The molecule has 14 saturated carbocycles. The number of hydrogen-bond donors (Lipinski definition) is 0. The van der Waals surface area contributed by atoms with E-state index < -0.39 is 0 Å². The quantitative estimate of drug-likeness (QED) is 0.235. The van der Waals surface area contributed by atoms with Gasteiger partial charge in [0.1, 0.15) is 0 Å². The van der Waals surface area contributed by atoms with E-state index in [1.165, 1.54) is 180 Å². The predicted molar refractivity (Wildman–Crippen MR) is 407 cm³/mol. The molecule has 14 aliphatic carbocycles. The number of thioether (sulfide) groups is 1. The summed E-state index contributed by atoms with van der Waals surface area (Å²) < 4.78 is 0. The first-order valence-corrected chi connectivity index (χ1v) is 45.7. The number of fused-ring (bicyclic) bond motifs is 8. The molecule has 4 aliphatic heterocycles. The van der Waals surface area contributed by atoms with Crippen LogP contribution in [0.2, 0.25) is 34.9 Å². The van der Waals surface area contributed by atoms with Gasteiger partial charge in [0.05, 0.1) is 0 Å². The molecule has 0 aromatic carbocycles. The van der Waals surface area contributed by atoms with Crippen LogP contribution in [-0.4, -0.2) is 116 Å². The maximum Gasteiger partial charge on any atom is 0.156 e. The molecule has 7 heteroatoms. The third-order valence-electron chi connectivity index (χ3n) is 36.6. The van der Waals surface area contributed by atoms with Gasteiger partial charge in [0.2, 0.25) is 0 Å². The Bertz CT molecular complexity index is 2580. The van der Waals surface area contributed by atoms with E-state index in [0.717, 1.165) is 196 Å². The summed E-state index contributed by atoms with van der Waals surface area (Å²) in [5.74, 6) is 16.6. The van der Waals surface area contributed by atoms with E-state index in [9.17, 15) is 0 Å². The second-order valence-corrected chi connectivity index (χ2v) is 44.9. The van der Waals surface area contributed by atoms with Gasteiger partial charge < -0.3 is 0 Å². The van der Waals surface area contributed by atoms with Gasteiger partial charge in [-0.2, -0.15) is 11.8 Å². The molecule has 4 saturated heterocycles. The standard InChI is InChI=1S/C88H148B2N4S/c1-86(2,3)59-43-56-39-40-57-44-60(87(4,5)6)48-69-68(46-58(45-59)82(56)83(57)69)55-41-42-75-71(47-55)90-73-53-72-76(54-80(73)95-81-52-67(51-79(85(81)90)93(75)65-33-21-13-22-34-65)91(62-27-15-10-16-28-62)63-29-17-11-18-30-63)94(66-35-23-14-24-36-66)78-50-61(88(7,8)9)49-77-84(78)89(72)70-37-25-26-38-74(70)92(77)64-31-19-12-20-32-64/h55-85H,10-54H2,1-9H3/t55?,56?,57-,58?,59?,60+,61-,67?,68?,69-,70?,71?,72-,73+,74?,75?,76?,77+,78-,79?,80?,81?,82?,83-,84?,85-/m1/s1. The van der Waals surface area contributed by atoms with Crippen LogP contribution >= 0.6 is 11.8 Å². The minimum Gasteiger partial charge on any atom is -0.295 e. The highest BCUT2D eigenvalue weighted by Gasteiger charge is 2.71. The van der Waals surface area contributed by atoms with Gasteiger partial charge in [0.25, 0.3) is 0 Å². The third-order valence-corrected chi connectivity index (χ3v) is 38.4. The first-order chi connectivity index (χ1) is 46.0. The normalized spacial score (nSPS) is 48.6. The van der Waals surface area contributed by atoms with Crippen LogP contribution in [0, 0.1) is 81.3 Å². The lowest BCUT2D eigenvalue weighted by atomic mass is 9.15. The van der Waals surface area contributed by atoms with Gasteiger partial charge >= 0.3 is 0 Å². The van der Waals surface area contributed by atoms with Crippen molar-refractivity contribution < 1.29 is 0 Å². The maximum atomic E-state index is 3.68. The van der Waals surface area contributed by atoms with E-state index in [-0.39, 0.29) is 0 Å². The van der Waals surface area contributed by atoms with Crippen LogP contribution in [0.3, 0.4) is 0 Å². The van der Waals surface area contributed by atoms with Gasteiger partial charge in [0, 0.05) is 83.0 Å². The van der Waals surface area contributed by atoms with Crippen LogP contribution in [0.15, 0.2) is 0 Å². The third kappa shape index (κ3) is 12.0. The van der Waals surface area contributed by atoms with E-state index in [0.29, 0.717) is 16.2 Å². The molecule has 4 nitrogen and oxygen atoms in total. The number of hydrogen-bond acceptors (Lipinski definition) is 5. The van der Waals surface area contributed by atoms with Crippen LogP contribution in [0.25, 0.3) is 0 Å². The highest BCUT2D eigenvalue weighted by Crippen LogP contribution is 2.73. The zero-order chi connectivity index (χ0) is 64.4. The minimum atomic E-state index is 0.386. The summed E-state index contributed by atoms with van der Waals surface area (Å²) in [4.78, 5) is 14.4. The molecule has 4 heterocycles. The fourth-order valence-electron chi connectivity index (χ4n) is 33.0. The van der Waals surface area contributed by atoms with Crippen molar-refractivity contribution in [1.29, 1.82) is 0 Å². The van der Waals surface area contributed by atoms with Gasteiger partial charge in [-0.3, -0.25) is 19.6 Å². The first kappa shape index (κ1) is 67.2. The van der Waals surface area contributed by atoms with Crippen molar-refractivity contribution in [3.63, 3.8) is 0 Å². The molecule has 0 radical (unpaired) electrons. The lowest BCUT2D eigenvalue weighted by Crippen LogP contribution is -2.76. The molecule has 26 atom stereocenters. The highest BCUT2D eigenvalue weighted by atomic mass is 32.2. The summed E-state index contributed by atoms with van der Waals surface area (Å²) in [7, 11) is 0. The molecule has 95 heavy (non-hydrogen) atoms. The van der Waals surface area contributed by atoms with Crippen LogP contribution in [0.1, 0.15) is 351 Å². The van der Waals surface area contributed by atoms with Crippen LogP contribution in [0.4, 0.5) is 0 Å². The molecule has 0 amide bonds. The summed E-state index contributed by atoms with van der Waals surface area (Å²) in [6.07, 6.45) is 69.6. The van der Waals surface area contributed by atoms with Crippen molar-refractivity contribution in [2.24, 2.45) is 81.3 Å². The Hall–Kier alpha value is 0.320. The van der Waals surface area contributed by atoms with Gasteiger partial charge in [-0.1, -0.05) is 191 Å². The summed E-state index contributed by atoms with van der Waals surface area (Å²) in [6, 6.07) is 10.3. The average Bonchev–Trinajstić information content (AvgIpc) is 0.696. The Morgan fingerprint density at radius 3 is 1.32 bits per heavy atom. The first-order valence-electron chi connectivity index (χ1n) is 44.8. The van der Waals surface area contributed by atoms with E-state index in [1.807, 2.05) is 0 Å². The fraction of sp³-hybridized carbons (Fsp3) is 1.00. The second kappa shape index (κ2) is 26.7. The fourth-order valence-corrected chi connectivity index (χ4v) is 35.1. The molecular formula is C88H148B2N4S. The Morgan fingerprint density at radius 2 is 0.737 bits per heavy atom. The van der Waals surface area contributed by atoms with Crippen molar-refractivity contribution in [2.75, 3.05) is 0 Å².